The van der Waals surface area contributed by atoms with Gasteiger partial charge in [0.1, 0.15) is 5.82 Å². The highest BCUT2D eigenvalue weighted by molar-refractivity contribution is 7.13. The summed E-state index contributed by atoms with van der Waals surface area (Å²) in [6.07, 6.45) is 0.144. The number of anilines is 2. The number of rotatable bonds is 4. The molecule has 0 radical (unpaired) electrons. The van der Waals surface area contributed by atoms with Crippen LogP contribution in [-0.2, 0) is 23.1 Å². The number of nitrogens with zero attached hydrogens (tertiary/aromatic N) is 3. The van der Waals surface area contributed by atoms with Crippen LogP contribution in [0.15, 0.2) is 5.38 Å². The van der Waals surface area contributed by atoms with E-state index in [1.54, 1.807) is 17.1 Å². The Morgan fingerprint density at radius 1 is 1.25 bits per heavy atom. The molecule has 2 N–H and O–H groups in total. The van der Waals surface area contributed by atoms with Crippen LogP contribution in [0.3, 0.4) is 0 Å². The molecule has 2 aromatic rings. The van der Waals surface area contributed by atoms with Gasteiger partial charge < -0.3 is 10.6 Å². The third kappa shape index (κ3) is 4.19. The molecule has 8 heteroatoms. The fourth-order valence-corrected chi connectivity index (χ4v) is 2.71. The lowest BCUT2D eigenvalue weighted by atomic mass is 9.96. The van der Waals surface area contributed by atoms with Gasteiger partial charge in [-0.1, -0.05) is 20.8 Å². The number of hydrogen-bond donors (Lipinski definition) is 2. The molecule has 0 aliphatic carbocycles. The largest absolute Gasteiger partial charge is 0.310 e. The van der Waals surface area contributed by atoms with E-state index >= 15 is 0 Å². The minimum Gasteiger partial charge on any atom is -0.310 e. The molecule has 130 valence electrons. The molecule has 0 saturated heterocycles. The zero-order valence-electron chi connectivity index (χ0n) is 14.9. The van der Waals surface area contributed by atoms with Crippen LogP contribution in [0.4, 0.5) is 10.9 Å². The number of hydrogen-bond acceptors (Lipinski definition) is 5. The second kappa shape index (κ2) is 6.72. The molecule has 0 atom stereocenters. The van der Waals surface area contributed by atoms with Gasteiger partial charge in [0, 0.05) is 23.4 Å². The van der Waals surface area contributed by atoms with Crippen molar-refractivity contribution >= 4 is 34.1 Å². The molecule has 0 spiro atoms. The Bertz CT molecular complexity index is 770. The highest BCUT2D eigenvalue weighted by Crippen LogP contribution is 2.21. The van der Waals surface area contributed by atoms with Crippen molar-refractivity contribution in [3.63, 3.8) is 0 Å². The minimum absolute atomic E-state index is 0.103. The lowest BCUT2D eigenvalue weighted by Crippen LogP contribution is -2.27. The van der Waals surface area contributed by atoms with Crippen molar-refractivity contribution in [3.05, 3.63) is 22.3 Å². The molecule has 0 aromatic carbocycles. The first-order chi connectivity index (χ1) is 11.1. The van der Waals surface area contributed by atoms with E-state index in [9.17, 15) is 9.59 Å². The van der Waals surface area contributed by atoms with Gasteiger partial charge in [-0.3, -0.25) is 14.3 Å². The topological polar surface area (TPSA) is 88.9 Å². The molecule has 0 fully saturated rings. The quantitative estimate of drug-likeness (QED) is 0.888. The predicted octanol–water partition coefficient (Wildman–Crippen LogP) is 2.66. The van der Waals surface area contributed by atoms with Crippen LogP contribution < -0.4 is 10.6 Å². The summed E-state index contributed by atoms with van der Waals surface area (Å²) in [4.78, 5) is 28.5. The summed E-state index contributed by atoms with van der Waals surface area (Å²) in [5.41, 5.74) is 1.96. The average molecular weight is 349 g/mol. The molecule has 0 aliphatic heterocycles. The smallest absolute Gasteiger partial charge is 0.231 e. The molecular weight excluding hydrogens is 326 g/mol. The van der Waals surface area contributed by atoms with Crippen LogP contribution in [0, 0.1) is 19.3 Å². The Morgan fingerprint density at radius 3 is 2.46 bits per heavy atom. The van der Waals surface area contributed by atoms with Crippen molar-refractivity contribution < 1.29 is 9.59 Å². The van der Waals surface area contributed by atoms with Crippen molar-refractivity contribution in [1.29, 1.82) is 0 Å². The molecule has 0 saturated carbocycles. The van der Waals surface area contributed by atoms with E-state index in [4.69, 9.17) is 0 Å². The third-order valence-electron chi connectivity index (χ3n) is 3.57. The molecule has 2 heterocycles. The highest BCUT2D eigenvalue weighted by Gasteiger charge is 2.22. The first-order valence-electron chi connectivity index (χ1n) is 7.64. The normalized spacial score (nSPS) is 11.4. The summed E-state index contributed by atoms with van der Waals surface area (Å²) in [5, 5.41) is 12.2. The summed E-state index contributed by atoms with van der Waals surface area (Å²) in [6, 6.07) is 0. The second-order valence-corrected chi connectivity index (χ2v) is 7.61. The van der Waals surface area contributed by atoms with Gasteiger partial charge in [0.2, 0.25) is 11.8 Å². The maximum absolute atomic E-state index is 12.2. The van der Waals surface area contributed by atoms with Gasteiger partial charge in [-0.2, -0.15) is 5.10 Å². The summed E-state index contributed by atoms with van der Waals surface area (Å²) in [7, 11) is 1.79. The van der Waals surface area contributed by atoms with Crippen molar-refractivity contribution in [3.8, 4) is 0 Å². The molecule has 0 aliphatic rings. The first kappa shape index (κ1) is 18.1. The lowest BCUT2D eigenvalue weighted by molar-refractivity contribution is -0.123. The lowest BCUT2D eigenvalue weighted by Gasteiger charge is -2.15. The van der Waals surface area contributed by atoms with E-state index in [0.29, 0.717) is 16.6 Å². The SMILES string of the molecule is Cc1nn(C)c(NC(=O)Cc2csc(NC(=O)C(C)(C)C)n2)c1C. The molecule has 0 bridgehead atoms. The fourth-order valence-electron chi connectivity index (χ4n) is 2.01. The number of amides is 2. The molecule has 2 aromatic heterocycles. The highest BCUT2D eigenvalue weighted by atomic mass is 32.1. The minimum atomic E-state index is -0.488. The van der Waals surface area contributed by atoms with Crippen molar-refractivity contribution in [2.45, 2.75) is 41.0 Å². The molecular formula is C16H23N5O2S. The zero-order chi connectivity index (χ0) is 18.1. The zero-order valence-corrected chi connectivity index (χ0v) is 15.7. The summed E-state index contributed by atoms with van der Waals surface area (Å²) < 4.78 is 1.65. The first-order valence-corrected chi connectivity index (χ1v) is 8.52. The van der Waals surface area contributed by atoms with Crippen molar-refractivity contribution in [2.75, 3.05) is 10.6 Å². The number of aryl methyl sites for hydroxylation is 2. The van der Waals surface area contributed by atoms with Gasteiger partial charge in [-0.25, -0.2) is 4.98 Å². The Hall–Kier alpha value is -2.22. The maximum Gasteiger partial charge on any atom is 0.231 e. The van der Waals surface area contributed by atoms with Crippen LogP contribution in [0.1, 0.15) is 37.7 Å². The number of nitrogens with one attached hydrogen (secondary N) is 2. The van der Waals surface area contributed by atoms with E-state index < -0.39 is 5.41 Å². The Kier molecular flexibility index (Phi) is 5.08. The molecule has 24 heavy (non-hydrogen) atoms. The predicted molar refractivity (Wildman–Crippen MR) is 95.2 cm³/mol. The van der Waals surface area contributed by atoms with E-state index in [0.717, 1.165) is 11.3 Å². The summed E-state index contributed by atoms with van der Waals surface area (Å²) >= 11 is 1.31. The Morgan fingerprint density at radius 2 is 1.92 bits per heavy atom. The Balaban J connectivity index is 1.99. The van der Waals surface area contributed by atoms with Gasteiger partial charge in [-0.15, -0.1) is 11.3 Å². The Labute approximate surface area is 145 Å². The standard InChI is InChI=1S/C16H23N5O2S/c1-9-10(2)20-21(6)13(9)18-12(22)7-11-8-24-15(17-11)19-14(23)16(3,4)5/h8H,7H2,1-6H3,(H,18,22)(H,17,19,23). The van der Waals surface area contributed by atoms with Gasteiger partial charge in [0.05, 0.1) is 17.8 Å². The van der Waals surface area contributed by atoms with E-state index in [1.165, 1.54) is 11.3 Å². The van der Waals surface area contributed by atoms with E-state index in [2.05, 4.69) is 20.7 Å². The van der Waals surface area contributed by atoms with E-state index in [-0.39, 0.29) is 18.2 Å². The summed E-state index contributed by atoms with van der Waals surface area (Å²) in [5.74, 6) is 0.419. The average Bonchev–Trinajstić information content (AvgIpc) is 2.98. The van der Waals surface area contributed by atoms with Gasteiger partial charge in [-0.05, 0) is 13.8 Å². The van der Waals surface area contributed by atoms with Gasteiger partial charge in [0.15, 0.2) is 5.13 Å². The molecule has 2 amide bonds. The van der Waals surface area contributed by atoms with Gasteiger partial charge in [0.25, 0.3) is 0 Å². The van der Waals surface area contributed by atoms with Crippen LogP contribution in [0.2, 0.25) is 0 Å². The monoisotopic (exact) mass is 349 g/mol. The second-order valence-electron chi connectivity index (χ2n) is 6.76. The van der Waals surface area contributed by atoms with Crippen LogP contribution in [0.5, 0.6) is 0 Å². The van der Waals surface area contributed by atoms with Crippen molar-refractivity contribution in [2.24, 2.45) is 12.5 Å². The molecule has 0 unspecified atom stereocenters. The van der Waals surface area contributed by atoms with Crippen LogP contribution in [-0.4, -0.2) is 26.6 Å². The summed E-state index contributed by atoms with van der Waals surface area (Å²) in [6.45, 7) is 9.32. The fraction of sp³-hybridized carbons (Fsp3) is 0.500. The third-order valence-corrected chi connectivity index (χ3v) is 4.38. The van der Waals surface area contributed by atoms with Crippen LogP contribution >= 0.6 is 11.3 Å². The maximum atomic E-state index is 12.2. The molecule has 2 rings (SSSR count). The van der Waals surface area contributed by atoms with Crippen LogP contribution in [0.25, 0.3) is 0 Å². The van der Waals surface area contributed by atoms with Gasteiger partial charge >= 0.3 is 0 Å². The number of carbonyl (C=O) groups excluding carboxylic acids is 2. The number of aromatic nitrogens is 3. The van der Waals surface area contributed by atoms with Crippen molar-refractivity contribution in [1.82, 2.24) is 14.8 Å². The molecule has 7 nitrogen and oxygen atoms in total. The van der Waals surface area contributed by atoms with E-state index in [1.807, 2.05) is 34.6 Å². The number of thiazole rings is 1. The number of carbonyl (C=O) groups is 2.